The van der Waals surface area contributed by atoms with E-state index in [4.69, 9.17) is 9.31 Å². The number of hydrogen-bond donors (Lipinski definition) is 0. The molecule has 140 valence electrons. The molecule has 0 amide bonds. The fourth-order valence-corrected chi connectivity index (χ4v) is 4.35. The normalized spacial score (nSPS) is 24.8. The third kappa shape index (κ3) is 3.52. The van der Waals surface area contributed by atoms with Gasteiger partial charge in [0.1, 0.15) is 0 Å². The maximum absolute atomic E-state index is 12.0. The minimum absolute atomic E-state index is 0.158. The molecule has 0 atom stereocenters. The Labute approximate surface area is 150 Å². The van der Waals surface area contributed by atoms with Crippen molar-refractivity contribution < 1.29 is 17.7 Å². The average Bonchev–Trinajstić information content (AvgIpc) is 3.11. The molecule has 0 radical (unpaired) electrons. The third-order valence-electron chi connectivity index (χ3n) is 5.70. The molecule has 2 aliphatic heterocycles. The lowest BCUT2D eigenvalue weighted by molar-refractivity contribution is 0.00578. The van der Waals surface area contributed by atoms with Crippen molar-refractivity contribution in [2.75, 3.05) is 18.8 Å². The van der Waals surface area contributed by atoms with Crippen LogP contribution in [0.15, 0.2) is 12.4 Å². The average molecular weight is 369 g/mol. The van der Waals surface area contributed by atoms with Crippen LogP contribution in [0.5, 0.6) is 0 Å². The Morgan fingerprint density at radius 3 is 2.28 bits per heavy atom. The smallest absolute Gasteiger partial charge is 0.399 e. The predicted molar refractivity (Wildman–Crippen MR) is 97.2 cm³/mol. The zero-order valence-electron chi connectivity index (χ0n) is 15.7. The third-order valence-corrected chi connectivity index (χ3v) is 7.58. The van der Waals surface area contributed by atoms with Gasteiger partial charge in [0.15, 0.2) is 0 Å². The highest BCUT2D eigenvalue weighted by molar-refractivity contribution is 7.89. The fraction of sp³-hybridized carbons (Fsp3) is 0.812. The van der Waals surface area contributed by atoms with Crippen molar-refractivity contribution in [1.82, 2.24) is 14.1 Å². The molecule has 0 unspecified atom stereocenters. The lowest BCUT2D eigenvalue weighted by atomic mass is 9.82. The molecular formula is C16H28BN3O4S. The Bertz CT molecular complexity index is 707. The van der Waals surface area contributed by atoms with Crippen molar-refractivity contribution in [1.29, 1.82) is 0 Å². The van der Waals surface area contributed by atoms with Gasteiger partial charge in [-0.2, -0.15) is 5.10 Å². The van der Waals surface area contributed by atoms with E-state index in [1.54, 1.807) is 17.4 Å². The maximum atomic E-state index is 12.0. The summed E-state index contributed by atoms with van der Waals surface area (Å²) >= 11 is 0. The second-order valence-electron chi connectivity index (χ2n) is 7.87. The van der Waals surface area contributed by atoms with Gasteiger partial charge in [0.2, 0.25) is 10.0 Å². The Balaban J connectivity index is 1.66. The van der Waals surface area contributed by atoms with Crippen LogP contribution < -0.4 is 5.46 Å². The largest absolute Gasteiger partial charge is 0.498 e. The fourth-order valence-electron chi connectivity index (χ4n) is 3.22. The summed E-state index contributed by atoms with van der Waals surface area (Å²) in [5.74, 6) is 0.158. The van der Waals surface area contributed by atoms with Crippen molar-refractivity contribution >= 4 is 22.6 Å². The standard InChI is InChI=1S/C16H28BN3O4S/c1-6-25(21,22)19-9-7-14(8-10-19)20-12-13(11-18-20)17-23-15(2,3)16(4,5)24-17/h11-12,14H,6-10H2,1-5H3. The van der Waals surface area contributed by atoms with Crippen LogP contribution in [0.2, 0.25) is 0 Å². The monoisotopic (exact) mass is 369 g/mol. The molecule has 2 saturated heterocycles. The highest BCUT2D eigenvalue weighted by atomic mass is 32.2. The van der Waals surface area contributed by atoms with Gasteiger partial charge >= 0.3 is 7.12 Å². The second kappa shape index (κ2) is 6.37. The van der Waals surface area contributed by atoms with E-state index in [1.807, 2.05) is 38.6 Å². The molecule has 3 rings (SSSR count). The lowest BCUT2D eigenvalue weighted by Crippen LogP contribution is -2.41. The zero-order valence-corrected chi connectivity index (χ0v) is 16.5. The molecule has 0 spiro atoms. The van der Waals surface area contributed by atoms with Crippen LogP contribution in [0.25, 0.3) is 0 Å². The minimum atomic E-state index is -3.10. The van der Waals surface area contributed by atoms with E-state index < -0.39 is 17.1 Å². The molecular weight excluding hydrogens is 341 g/mol. The van der Waals surface area contributed by atoms with Crippen molar-refractivity contribution in [2.45, 2.75) is 64.7 Å². The first-order valence-corrected chi connectivity index (χ1v) is 10.5. The van der Waals surface area contributed by atoms with Crippen LogP contribution in [-0.2, 0) is 19.3 Å². The van der Waals surface area contributed by atoms with Gasteiger partial charge in [-0.1, -0.05) is 0 Å². The topological polar surface area (TPSA) is 73.7 Å². The molecule has 7 nitrogen and oxygen atoms in total. The molecule has 1 aromatic heterocycles. The summed E-state index contributed by atoms with van der Waals surface area (Å²) in [4.78, 5) is 0. The van der Waals surface area contributed by atoms with Crippen LogP contribution in [0.3, 0.4) is 0 Å². The second-order valence-corrected chi connectivity index (χ2v) is 10.1. The molecule has 0 saturated carbocycles. The summed E-state index contributed by atoms with van der Waals surface area (Å²) in [6.45, 7) is 10.9. The van der Waals surface area contributed by atoms with E-state index in [1.165, 1.54) is 0 Å². The molecule has 3 heterocycles. The predicted octanol–water partition coefficient (Wildman–Crippen LogP) is 1.17. The number of piperidine rings is 1. The van der Waals surface area contributed by atoms with Crippen LogP contribution in [-0.4, -0.2) is 59.7 Å². The van der Waals surface area contributed by atoms with Gasteiger partial charge in [-0.15, -0.1) is 0 Å². The minimum Gasteiger partial charge on any atom is -0.399 e. The van der Waals surface area contributed by atoms with Gasteiger partial charge in [-0.25, -0.2) is 12.7 Å². The van der Waals surface area contributed by atoms with Crippen molar-refractivity contribution in [3.8, 4) is 0 Å². The van der Waals surface area contributed by atoms with E-state index in [0.717, 1.165) is 18.3 Å². The van der Waals surface area contributed by atoms with Gasteiger partial charge in [0.25, 0.3) is 0 Å². The van der Waals surface area contributed by atoms with Crippen LogP contribution in [0.1, 0.15) is 53.5 Å². The molecule has 2 fully saturated rings. The van der Waals surface area contributed by atoms with Gasteiger partial charge < -0.3 is 9.31 Å². The summed E-state index contributed by atoms with van der Waals surface area (Å²) in [5, 5.41) is 4.48. The number of aromatic nitrogens is 2. The lowest BCUT2D eigenvalue weighted by Gasteiger charge is -2.32. The van der Waals surface area contributed by atoms with Crippen molar-refractivity contribution in [3.05, 3.63) is 12.4 Å². The zero-order chi connectivity index (χ0) is 18.5. The van der Waals surface area contributed by atoms with Crippen LogP contribution in [0, 0.1) is 0 Å². The molecule has 9 heteroatoms. The van der Waals surface area contributed by atoms with Crippen LogP contribution in [0.4, 0.5) is 0 Å². The Morgan fingerprint density at radius 1 is 1.20 bits per heavy atom. The van der Waals surface area contributed by atoms with Gasteiger partial charge in [-0.05, 0) is 47.5 Å². The molecule has 0 aromatic carbocycles. The van der Waals surface area contributed by atoms with Crippen molar-refractivity contribution in [3.63, 3.8) is 0 Å². The number of nitrogens with zero attached hydrogens (tertiary/aromatic N) is 3. The number of sulfonamides is 1. The Morgan fingerprint density at radius 2 is 1.76 bits per heavy atom. The number of hydrogen-bond acceptors (Lipinski definition) is 5. The quantitative estimate of drug-likeness (QED) is 0.745. The first kappa shape index (κ1) is 18.9. The SMILES string of the molecule is CCS(=O)(=O)N1CCC(n2cc(B3OC(C)(C)C(C)(C)O3)cn2)CC1. The van der Waals surface area contributed by atoms with E-state index in [2.05, 4.69) is 5.10 Å². The molecule has 25 heavy (non-hydrogen) atoms. The molecule has 0 bridgehead atoms. The molecule has 1 aromatic rings. The highest BCUT2D eigenvalue weighted by Crippen LogP contribution is 2.36. The Kier molecular flexibility index (Phi) is 4.81. The first-order chi connectivity index (χ1) is 11.6. The van der Waals surface area contributed by atoms with Crippen molar-refractivity contribution in [2.24, 2.45) is 0 Å². The van der Waals surface area contributed by atoms with E-state index in [0.29, 0.717) is 13.1 Å². The highest BCUT2D eigenvalue weighted by Gasteiger charge is 2.52. The molecule has 0 aliphatic carbocycles. The summed E-state index contributed by atoms with van der Waals surface area (Å²) in [5.41, 5.74) is 0.154. The number of rotatable bonds is 4. The van der Waals surface area contributed by atoms with Crippen LogP contribution >= 0.6 is 0 Å². The molecule has 0 N–H and O–H groups in total. The maximum Gasteiger partial charge on any atom is 0.498 e. The molecule has 2 aliphatic rings. The van der Waals surface area contributed by atoms with E-state index >= 15 is 0 Å². The van der Waals surface area contributed by atoms with E-state index in [9.17, 15) is 8.42 Å². The van der Waals surface area contributed by atoms with Gasteiger partial charge in [0.05, 0.1) is 23.0 Å². The van der Waals surface area contributed by atoms with Gasteiger partial charge in [-0.3, -0.25) is 4.68 Å². The summed E-state index contributed by atoms with van der Waals surface area (Å²) in [6.07, 6.45) is 5.29. The summed E-state index contributed by atoms with van der Waals surface area (Å²) in [6, 6.07) is 0.208. The first-order valence-electron chi connectivity index (χ1n) is 8.93. The summed E-state index contributed by atoms with van der Waals surface area (Å²) in [7, 11) is -3.51. The Hall–Kier alpha value is -0.895. The van der Waals surface area contributed by atoms with E-state index in [-0.39, 0.29) is 23.0 Å². The van der Waals surface area contributed by atoms with Gasteiger partial charge in [0, 0.05) is 30.9 Å². The summed E-state index contributed by atoms with van der Waals surface area (Å²) < 4.78 is 39.6.